The van der Waals surface area contributed by atoms with E-state index < -0.39 is 0 Å². The molecule has 10 aromatic carbocycles. The molecule has 0 aliphatic heterocycles. The average molecular weight is 828 g/mol. The Bertz CT molecular complexity index is 3740. The molecule has 0 amide bonds. The maximum atomic E-state index is 9.87. The number of nitrogens with zero attached hydrogens (tertiary/aromatic N) is 5. The molecule has 0 radical (unpaired) electrons. The normalized spacial score (nSPS) is 11.4. The first-order valence-corrected chi connectivity index (χ1v) is 21.7. The number of para-hydroxylation sites is 1. The van der Waals surface area contributed by atoms with Crippen molar-refractivity contribution in [2.45, 2.75) is 0 Å². The molecule has 0 aliphatic rings. The number of fused-ring (bicyclic) bond motifs is 5. The standard InChI is InChI=1S/C60H37N5/c61-38-39-26-30-48-49-31-27-45(37-55(49)65(54(48)34-39)47-24-14-5-15-25-47)44-28-32-50-52(35-44)56(40-16-6-1-7-17-40)51-33-29-46(36-53(51)57(50)41-18-8-2-9-19-41)60-63-58(42-20-10-3-11-21-42)62-59(64-60)43-22-12-4-13-23-43/h1-37H. The van der Waals surface area contributed by atoms with Gasteiger partial charge in [0.2, 0.25) is 0 Å². The predicted octanol–water partition coefficient (Wildman–Crippen LogP) is 15.1. The van der Waals surface area contributed by atoms with E-state index in [0.717, 1.165) is 99.1 Å². The molecule has 2 heterocycles. The minimum atomic E-state index is 0.613. The van der Waals surface area contributed by atoms with Crippen molar-refractivity contribution < 1.29 is 0 Å². The van der Waals surface area contributed by atoms with Crippen LogP contribution >= 0.6 is 0 Å². The average Bonchev–Trinajstić information content (AvgIpc) is 3.71. The van der Waals surface area contributed by atoms with Crippen molar-refractivity contribution >= 4 is 43.4 Å². The van der Waals surface area contributed by atoms with Crippen molar-refractivity contribution in [1.82, 2.24) is 19.5 Å². The molecule has 0 saturated heterocycles. The Labute approximate surface area is 375 Å². The van der Waals surface area contributed by atoms with Gasteiger partial charge in [-0.25, -0.2) is 15.0 Å². The van der Waals surface area contributed by atoms with Crippen LogP contribution in [0.1, 0.15) is 5.56 Å². The summed E-state index contributed by atoms with van der Waals surface area (Å²) < 4.78 is 2.28. The van der Waals surface area contributed by atoms with Gasteiger partial charge in [0.15, 0.2) is 17.5 Å². The molecule has 0 bridgehead atoms. The lowest BCUT2D eigenvalue weighted by Gasteiger charge is -2.19. The van der Waals surface area contributed by atoms with Crippen molar-refractivity contribution in [3.05, 3.63) is 230 Å². The number of nitriles is 1. The van der Waals surface area contributed by atoms with Crippen LogP contribution in [0.4, 0.5) is 0 Å². The molecule has 0 saturated carbocycles. The fourth-order valence-corrected chi connectivity index (χ4v) is 9.44. The van der Waals surface area contributed by atoms with Crippen LogP contribution in [0.3, 0.4) is 0 Å². The minimum absolute atomic E-state index is 0.613. The van der Waals surface area contributed by atoms with Crippen LogP contribution in [0.15, 0.2) is 224 Å². The van der Waals surface area contributed by atoms with Crippen molar-refractivity contribution in [3.8, 4) is 79.3 Å². The summed E-state index contributed by atoms with van der Waals surface area (Å²) in [6.45, 7) is 0. The largest absolute Gasteiger partial charge is 0.309 e. The Morgan fingerprint density at radius 1 is 0.308 bits per heavy atom. The molecule has 0 spiro atoms. The Morgan fingerprint density at radius 3 is 1.20 bits per heavy atom. The van der Waals surface area contributed by atoms with E-state index in [4.69, 9.17) is 15.0 Å². The first kappa shape index (κ1) is 37.8. The molecule has 5 heteroatoms. The molecule has 12 aromatic rings. The number of benzene rings is 10. The summed E-state index contributed by atoms with van der Waals surface area (Å²) in [6, 6.07) is 80.8. The van der Waals surface area contributed by atoms with Crippen LogP contribution in [0.5, 0.6) is 0 Å². The molecule has 12 rings (SSSR count). The molecule has 5 nitrogen and oxygen atoms in total. The van der Waals surface area contributed by atoms with Crippen molar-refractivity contribution in [2.75, 3.05) is 0 Å². The van der Waals surface area contributed by atoms with Gasteiger partial charge < -0.3 is 4.57 Å². The first-order chi connectivity index (χ1) is 32.2. The summed E-state index contributed by atoms with van der Waals surface area (Å²) >= 11 is 0. The van der Waals surface area contributed by atoms with Gasteiger partial charge in [-0.1, -0.05) is 182 Å². The van der Waals surface area contributed by atoms with E-state index in [-0.39, 0.29) is 0 Å². The van der Waals surface area contributed by atoms with E-state index in [1.54, 1.807) is 0 Å². The fourth-order valence-electron chi connectivity index (χ4n) is 9.44. The minimum Gasteiger partial charge on any atom is -0.309 e. The van der Waals surface area contributed by atoms with Gasteiger partial charge >= 0.3 is 0 Å². The molecule has 0 unspecified atom stereocenters. The Hall–Kier alpha value is -8.98. The summed E-state index contributed by atoms with van der Waals surface area (Å²) in [5.41, 5.74) is 13.3. The van der Waals surface area contributed by atoms with Gasteiger partial charge in [0.1, 0.15) is 0 Å². The van der Waals surface area contributed by atoms with Gasteiger partial charge in [0, 0.05) is 33.2 Å². The Balaban J connectivity index is 1.11. The lowest BCUT2D eigenvalue weighted by Crippen LogP contribution is -2.00. The number of aromatic nitrogens is 4. The van der Waals surface area contributed by atoms with Crippen LogP contribution in [0.2, 0.25) is 0 Å². The van der Waals surface area contributed by atoms with Crippen LogP contribution in [-0.4, -0.2) is 19.5 Å². The maximum absolute atomic E-state index is 9.87. The lowest BCUT2D eigenvalue weighted by atomic mass is 9.84. The SMILES string of the molecule is N#Cc1ccc2c3ccc(-c4ccc5c(-c6ccccc6)c6cc(-c7nc(-c8ccccc8)nc(-c8ccccc8)n7)ccc6c(-c6ccccc6)c5c4)cc3n(-c3ccccc3)c2c1. The molecule has 0 aliphatic carbocycles. The van der Waals surface area contributed by atoms with E-state index in [2.05, 4.69) is 156 Å². The third-order valence-corrected chi connectivity index (χ3v) is 12.4. The highest BCUT2D eigenvalue weighted by Gasteiger charge is 2.21. The molecular weight excluding hydrogens is 791 g/mol. The fraction of sp³-hybridized carbons (Fsp3) is 0. The maximum Gasteiger partial charge on any atom is 0.164 e. The van der Waals surface area contributed by atoms with E-state index in [0.29, 0.717) is 23.0 Å². The number of hydrogen-bond donors (Lipinski definition) is 0. The summed E-state index contributed by atoms with van der Waals surface area (Å²) in [5.74, 6) is 1.87. The van der Waals surface area contributed by atoms with Crippen LogP contribution in [0.25, 0.3) is 117 Å². The quantitative estimate of drug-likeness (QED) is 0.150. The van der Waals surface area contributed by atoms with Crippen LogP contribution in [-0.2, 0) is 0 Å². The second-order valence-corrected chi connectivity index (χ2v) is 16.3. The predicted molar refractivity (Wildman–Crippen MR) is 267 cm³/mol. The van der Waals surface area contributed by atoms with Crippen molar-refractivity contribution in [2.24, 2.45) is 0 Å². The molecule has 65 heavy (non-hydrogen) atoms. The highest BCUT2D eigenvalue weighted by Crippen LogP contribution is 2.46. The molecule has 0 N–H and O–H groups in total. The summed E-state index contributed by atoms with van der Waals surface area (Å²) in [7, 11) is 0. The van der Waals surface area contributed by atoms with Gasteiger partial charge in [-0.05, 0) is 97.4 Å². The molecular formula is C60H37N5. The Morgan fingerprint density at radius 2 is 0.692 bits per heavy atom. The van der Waals surface area contributed by atoms with Crippen LogP contribution < -0.4 is 0 Å². The topological polar surface area (TPSA) is 67.4 Å². The van der Waals surface area contributed by atoms with E-state index in [1.165, 1.54) is 0 Å². The van der Waals surface area contributed by atoms with Crippen molar-refractivity contribution in [1.29, 1.82) is 5.26 Å². The van der Waals surface area contributed by atoms with E-state index >= 15 is 0 Å². The zero-order chi connectivity index (χ0) is 43.3. The smallest absolute Gasteiger partial charge is 0.164 e. The first-order valence-electron chi connectivity index (χ1n) is 21.7. The van der Waals surface area contributed by atoms with E-state index in [9.17, 15) is 5.26 Å². The molecule has 2 aromatic heterocycles. The third kappa shape index (κ3) is 6.61. The van der Waals surface area contributed by atoms with Gasteiger partial charge in [-0.15, -0.1) is 0 Å². The second kappa shape index (κ2) is 15.7. The summed E-state index contributed by atoms with van der Waals surface area (Å²) in [5, 5.41) is 16.7. The number of rotatable bonds is 7. The Kier molecular flexibility index (Phi) is 9.14. The highest BCUT2D eigenvalue weighted by molar-refractivity contribution is 6.22. The van der Waals surface area contributed by atoms with E-state index in [1.807, 2.05) is 78.9 Å². The van der Waals surface area contributed by atoms with Gasteiger partial charge in [-0.2, -0.15) is 5.26 Å². The molecule has 302 valence electrons. The summed E-state index contributed by atoms with van der Waals surface area (Å²) in [6.07, 6.45) is 0. The lowest BCUT2D eigenvalue weighted by molar-refractivity contribution is 1.07. The third-order valence-electron chi connectivity index (χ3n) is 12.4. The molecule has 0 fully saturated rings. The second-order valence-electron chi connectivity index (χ2n) is 16.3. The van der Waals surface area contributed by atoms with Gasteiger partial charge in [0.25, 0.3) is 0 Å². The molecule has 0 atom stereocenters. The zero-order valence-corrected chi connectivity index (χ0v) is 35.1. The van der Waals surface area contributed by atoms with Crippen LogP contribution in [0, 0.1) is 11.3 Å². The highest BCUT2D eigenvalue weighted by atomic mass is 15.0. The zero-order valence-electron chi connectivity index (χ0n) is 35.1. The van der Waals surface area contributed by atoms with Gasteiger partial charge in [0.05, 0.1) is 22.7 Å². The monoisotopic (exact) mass is 827 g/mol. The van der Waals surface area contributed by atoms with Crippen molar-refractivity contribution in [3.63, 3.8) is 0 Å². The summed E-state index contributed by atoms with van der Waals surface area (Å²) in [4.78, 5) is 15.2. The number of hydrogen-bond acceptors (Lipinski definition) is 4. The van der Waals surface area contributed by atoms with Gasteiger partial charge in [-0.3, -0.25) is 0 Å².